The number of nitrogens with zero attached hydrogens (tertiary/aromatic N) is 1. The van der Waals surface area contributed by atoms with E-state index >= 15 is 0 Å². The molecule has 1 unspecified atom stereocenters. The molecule has 3 aromatic rings. The van der Waals surface area contributed by atoms with Gasteiger partial charge < -0.3 is 18.8 Å². The van der Waals surface area contributed by atoms with Crippen molar-refractivity contribution in [1.29, 1.82) is 0 Å². The molecular weight excluding hydrogens is 460 g/mol. The van der Waals surface area contributed by atoms with E-state index in [0.717, 1.165) is 24.1 Å². The Morgan fingerprint density at radius 1 is 1.12 bits per heavy atom. The summed E-state index contributed by atoms with van der Waals surface area (Å²) < 4.78 is 44.4. The van der Waals surface area contributed by atoms with Crippen LogP contribution in [0.25, 0.3) is 5.69 Å². The third-order valence-electron chi connectivity index (χ3n) is 5.87. The van der Waals surface area contributed by atoms with Crippen LogP contribution in [0, 0.1) is 0 Å². The van der Waals surface area contributed by atoms with E-state index in [4.69, 9.17) is 9.47 Å². The Morgan fingerprint density at radius 3 is 2.53 bits per heavy atom. The van der Waals surface area contributed by atoms with Gasteiger partial charge in [0.15, 0.2) is 23.0 Å². The summed E-state index contributed by atoms with van der Waals surface area (Å²) in [6.07, 6.45) is 2.15. The van der Waals surface area contributed by atoms with Crippen LogP contribution in [0.1, 0.15) is 34.0 Å². The summed E-state index contributed by atoms with van der Waals surface area (Å²) in [5.74, 6) is -0.712. The summed E-state index contributed by atoms with van der Waals surface area (Å²) >= 11 is 0. The Kier molecular flexibility index (Phi) is 5.52. The van der Waals surface area contributed by atoms with Gasteiger partial charge in [0, 0.05) is 41.5 Å². The minimum atomic E-state index is -3.89. The molecule has 10 heteroatoms. The number of ether oxygens (including phenoxy) is 3. The van der Waals surface area contributed by atoms with Crippen molar-refractivity contribution in [2.75, 3.05) is 30.8 Å². The number of methoxy groups -OCH3 is 1. The van der Waals surface area contributed by atoms with E-state index in [1.54, 1.807) is 30.3 Å². The molecule has 3 heterocycles. The molecule has 0 saturated heterocycles. The minimum Gasteiger partial charge on any atom is -0.486 e. The summed E-state index contributed by atoms with van der Waals surface area (Å²) in [6.45, 7) is 0.893. The van der Waals surface area contributed by atoms with Crippen LogP contribution >= 0.6 is 0 Å². The lowest BCUT2D eigenvalue weighted by Crippen LogP contribution is -2.23. The van der Waals surface area contributed by atoms with Crippen molar-refractivity contribution in [3.63, 3.8) is 0 Å². The SMILES string of the molecule is COC(=O)CS(=O)(=O)Nc1ccc(C2CC(=O)c3cc4c(cc3-n3cccc32)OCCO4)cc1. The van der Waals surface area contributed by atoms with E-state index in [0.29, 0.717) is 36.0 Å². The Labute approximate surface area is 196 Å². The number of Topliss-reactive ketones (excluding diaryl/α,β-unsaturated/α-hetero) is 1. The monoisotopic (exact) mass is 482 g/mol. The first-order valence-corrected chi connectivity index (χ1v) is 12.3. The van der Waals surface area contributed by atoms with Gasteiger partial charge in [-0.25, -0.2) is 8.42 Å². The lowest BCUT2D eigenvalue weighted by atomic mass is 9.90. The number of benzene rings is 2. The molecule has 5 rings (SSSR count). The molecule has 0 amide bonds. The van der Waals surface area contributed by atoms with Crippen LogP contribution in [-0.4, -0.2) is 50.8 Å². The Balaban J connectivity index is 1.46. The molecule has 0 fully saturated rings. The smallest absolute Gasteiger partial charge is 0.322 e. The van der Waals surface area contributed by atoms with Crippen molar-refractivity contribution in [2.45, 2.75) is 12.3 Å². The van der Waals surface area contributed by atoms with Gasteiger partial charge in [-0.2, -0.15) is 0 Å². The predicted octanol–water partition coefficient (Wildman–Crippen LogP) is 2.88. The molecule has 34 heavy (non-hydrogen) atoms. The number of hydrogen-bond donors (Lipinski definition) is 1. The molecular formula is C24H22N2O7S. The molecule has 0 aliphatic carbocycles. The van der Waals surface area contributed by atoms with Gasteiger partial charge in [-0.05, 0) is 35.9 Å². The molecule has 2 aliphatic heterocycles. The number of carbonyl (C=O) groups is 2. The van der Waals surface area contributed by atoms with Crippen LogP contribution in [-0.2, 0) is 19.6 Å². The largest absolute Gasteiger partial charge is 0.486 e. The maximum absolute atomic E-state index is 13.3. The molecule has 2 aliphatic rings. The average Bonchev–Trinajstić information content (AvgIpc) is 3.27. The van der Waals surface area contributed by atoms with Gasteiger partial charge in [0.25, 0.3) is 0 Å². The van der Waals surface area contributed by atoms with Crippen LogP contribution in [0.5, 0.6) is 11.5 Å². The maximum Gasteiger partial charge on any atom is 0.322 e. The van der Waals surface area contributed by atoms with Gasteiger partial charge in [0.1, 0.15) is 13.2 Å². The molecule has 0 bridgehead atoms. The molecule has 0 radical (unpaired) electrons. The quantitative estimate of drug-likeness (QED) is 0.557. The van der Waals surface area contributed by atoms with Gasteiger partial charge >= 0.3 is 5.97 Å². The first-order chi connectivity index (χ1) is 16.3. The third kappa shape index (κ3) is 4.12. The minimum absolute atomic E-state index is 0.0245. The highest BCUT2D eigenvalue weighted by molar-refractivity contribution is 7.93. The van der Waals surface area contributed by atoms with Crippen molar-refractivity contribution in [1.82, 2.24) is 4.57 Å². The fourth-order valence-electron chi connectivity index (χ4n) is 4.30. The number of anilines is 1. The molecule has 9 nitrogen and oxygen atoms in total. The summed E-state index contributed by atoms with van der Waals surface area (Å²) in [7, 11) is -2.76. The molecule has 1 aromatic heterocycles. The second-order valence-electron chi connectivity index (χ2n) is 8.06. The molecule has 1 atom stereocenters. The van der Waals surface area contributed by atoms with Gasteiger partial charge in [-0.1, -0.05) is 12.1 Å². The van der Waals surface area contributed by atoms with E-state index in [1.807, 2.05) is 29.0 Å². The number of hydrogen-bond acceptors (Lipinski definition) is 7. The van der Waals surface area contributed by atoms with E-state index in [-0.39, 0.29) is 18.1 Å². The molecule has 2 aromatic carbocycles. The van der Waals surface area contributed by atoms with E-state index in [1.165, 1.54) is 0 Å². The highest BCUT2D eigenvalue weighted by Gasteiger charge is 2.30. The van der Waals surface area contributed by atoms with Crippen LogP contribution < -0.4 is 14.2 Å². The normalized spacial score (nSPS) is 16.7. The number of fused-ring (bicyclic) bond motifs is 4. The van der Waals surface area contributed by atoms with E-state index in [2.05, 4.69) is 9.46 Å². The van der Waals surface area contributed by atoms with Crippen LogP contribution in [0.15, 0.2) is 54.7 Å². The second kappa shape index (κ2) is 8.53. The molecule has 0 saturated carbocycles. The van der Waals surface area contributed by atoms with E-state index in [9.17, 15) is 18.0 Å². The fourth-order valence-corrected chi connectivity index (χ4v) is 5.30. The molecule has 1 N–H and O–H groups in total. The molecule has 176 valence electrons. The van der Waals surface area contributed by atoms with Crippen molar-refractivity contribution >= 4 is 27.5 Å². The van der Waals surface area contributed by atoms with Crippen molar-refractivity contribution in [3.8, 4) is 17.2 Å². The Bertz CT molecular complexity index is 1380. The zero-order valence-corrected chi connectivity index (χ0v) is 19.1. The highest BCUT2D eigenvalue weighted by atomic mass is 32.2. The standard InChI is InChI=1S/C24H22N2O7S/c1-31-24(28)14-34(29,30)25-16-6-4-15(5-7-16)17-11-21(27)18-12-22-23(33-10-9-32-22)13-20(18)26-8-2-3-19(17)26/h2-8,12-13,17,25H,9-11,14H2,1H3. The molecule has 0 spiro atoms. The zero-order chi connectivity index (χ0) is 23.9. The predicted molar refractivity (Wildman–Crippen MR) is 123 cm³/mol. The van der Waals surface area contributed by atoms with Gasteiger partial charge in [0.05, 0.1) is 12.8 Å². The zero-order valence-electron chi connectivity index (χ0n) is 18.3. The lowest BCUT2D eigenvalue weighted by Gasteiger charge is -2.21. The maximum atomic E-state index is 13.3. The van der Waals surface area contributed by atoms with Crippen LogP contribution in [0.2, 0.25) is 0 Å². The number of carbonyl (C=O) groups excluding carboxylic acids is 2. The van der Waals surface area contributed by atoms with Crippen LogP contribution in [0.4, 0.5) is 5.69 Å². The third-order valence-corrected chi connectivity index (χ3v) is 7.03. The summed E-state index contributed by atoms with van der Waals surface area (Å²) in [5.41, 5.74) is 3.41. The van der Waals surface area contributed by atoms with Crippen molar-refractivity contribution in [2.24, 2.45) is 0 Å². The highest BCUT2D eigenvalue weighted by Crippen LogP contribution is 2.41. The number of rotatable bonds is 5. The summed E-state index contributed by atoms with van der Waals surface area (Å²) in [6, 6.07) is 14.3. The summed E-state index contributed by atoms with van der Waals surface area (Å²) in [5, 5.41) is 0. The van der Waals surface area contributed by atoms with Crippen molar-refractivity contribution < 1.29 is 32.2 Å². The number of ketones is 1. The first kappa shape index (κ1) is 22.0. The second-order valence-corrected chi connectivity index (χ2v) is 9.78. The Morgan fingerprint density at radius 2 is 1.82 bits per heavy atom. The van der Waals surface area contributed by atoms with Gasteiger partial charge in [-0.15, -0.1) is 0 Å². The number of nitrogens with one attached hydrogen (secondary N) is 1. The van der Waals surface area contributed by atoms with Crippen molar-refractivity contribution in [3.05, 3.63) is 71.5 Å². The van der Waals surface area contributed by atoms with Crippen LogP contribution in [0.3, 0.4) is 0 Å². The number of sulfonamides is 1. The first-order valence-electron chi connectivity index (χ1n) is 10.7. The van der Waals surface area contributed by atoms with Gasteiger partial charge in [0.2, 0.25) is 10.0 Å². The topological polar surface area (TPSA) is 113 Å². The van der Waals surface area contributed by atoms with E-state index < -0.39 is 21.7 Å². The lowest BCUT2D eigenvalue weighted by molar-refractivity contribution is -0.137. The fraction of sp³-hybridized carbons (Fsp3) is 0.250. The Hall–Kier alpha value is -3.79. The van der Waals surface area contributed by atoms with Gasteiger partial charge in [-0.3, -0.25) is 14.3 Å². The average molecular weight is 483 g/mol. The summed E-state index contributed by atoms with van der Waals surface area (Å²) in [4.78, 5) is 24.6. The number of aromatic nitrogens is 1. The number of esters is 1.